The Morgan fingerprint density at radius 2 is 2.10 bits per heavy atom. The van der Waals surface area contributed by atoms with Crippen molar-refractivity contribution in [3.8, 4) is 0 Å². The third kappa shape index (κ3) is 2.10. The number of nitrogens with zero attached hydrogens (tertiary/aromatic N) is 2. The first-order valence-corrected chi connectivity index (χ1v) is 7.62. The normalized spacial score (nSPS) is 33.1. The molecule has 0 spiro atoms. The van der Waals surface area contributed by atoms with Gasteiger partial charge in [0.2, 0.25) is 0 Å². The lowest BCUT2D eigenvalue weighted by molar-refractivity contribution is -0.385. The Kier molecular flexibility index (Phi) is 3.01. The molecular formula is C16H23N3O2. The summed E-state index contributed by atoms with van der Waals surface area (Å²) in [5.41, 5.74) is 1.10. The van der Waals surface area contributed by atoms with Gasteiger partial charge in [0.25, 0.3) is 5.69 Å². The topological polar surface area (TPSA) is 68.1 Å². The van der Waals surface area contributed by atoms with Gasteiger partial charge in [-0.2, -0.15) is 0 Å². The highest BCUT2D eigenvalue weighted by atomic mass is 16.6. The first kappa shape index (κ1) is 14.3. The molecule has 3 rings (SSSR count). The van der Waals surface area contributed by atoms with Gasteiger partial charge in [-0.3, -0.25) is 10.1 Å². The van der Waals surface area contributed by atoms with Crippen molar-refractivity contribution < 1.29 is 4.92 Å². The van der Waals surface area contributed by atoms with Gasteiger partial charge < -0.3 is 5.32 Å². The number of anilines is 1. The van der Waals surface area contributed by atoms with Crippen molar-refractivity contribution >= 4 is 11.5 Å². The van der Waals surface area contributed by atoms with Crippen LogP contribution in [0.4, 0.5) is 11.5 Å². The predicted molar refractivity (Wildman–Crippen MR) is 82.3 cm³/mol. The lowest BCUT2D eigenvalue weighted by Gasteiger charge is -2.43. The van der Waals surface area contributed by atoms with Crippen LogP contribution in [0.25, 0.3) is 0 Å². The Hall–Kier alpha value is -1.65. The van der Waals surface area contributed by atoms with Gasteiger partial charge >= 0.3 is 0 Å². The minimum absolute atomic E-state index is 0.0824. The molecule has 0 saturated heterocycles. The van der Waals surface area contributed by atoms with Crippen molar-refractivity contribution in [3.63, 3.8) is 0 Å². The van der Waals surface area contributed by atoms with Crippen molar-refractivity contribution in [3.05, 3.63) is 27.9 Å². The molecule has 2 fully saturated rings. The molecule has 2 aliphatic rings. The van der Waals surface area contributed by atoms with Gasteiger partial charge in [0.05, 0.1) is 4.92 Å². The SMILES string of the molecule is Cc1nc(NC2C3(C)CCC(C3)C2(C)C)ccc1[N+](=O)[O-]. The fraction of sp³-hybridized carbons (Fsp3) is 0.688. The smallest absolute Gasteiger partial charge is 0.290 e. The molecule has 0 amide bonds. The quantitative estimate of drug-likeness (QED) is 0.676. The molecule has 0 aliphatic heterocycles. The molecule has 3 unspecified atom stereocenters. The first-order chi connectivity index (χ1) is 9.74. The average molecular weight is 289 g/mol. The van der Waals surface area contributed by atoms with Crippen LogP contribution in [0.5, 0.6) is 0 Å². The molecule has 0 radical (unpaired) electrons. The molecule has 1 N–H and O–H groups in total. The summed E-state index contributed by atoms with van der Waals surface area (Å²) in [5, 5.41) is 14.5. The van der Waals surface area contributed by atoms with E-state index >= 15 is 0 Å². The number of fused-ring (bicyclic) bond motifs is 2. The van der Waals surface area contributed by atoms with Gasteiger partial charge in [-0.1, -0.05) is 20.8 Å². The van der Waals surface area contributed by atoms with Crippen molar-refractivity contribution in [2.24, 2.45) is 16.7 Å². The Bertz CT molecular complexity index is 594. The third-order valence-electron chi connectivity index (χ3n) is 5.82. The number of nitro groups is 1. The van der Waals surface area contributed by atoms with Crippen LogP contribution >= 0.6 is 0 Å². The van der Waals surface area contributed by atoms with Crippen LogP contribution in [-0.4, -0.2) is 15.9 Å². The number of aromatic nitrogens is 1. The van der Waals surface area contributed by atoms with Gasteiger partial charge in [-0.25, -0.2) is 4.98 Å². The van der Waals surface area contributed by atoms with Crippen LogP contribution in [0.3, 0.4) is 0 Å². The van der Waals surface area contributed by atoms with E-state index in [4.69, 9.17) is 0 Å². The molecule has 1 aromatic rings. The highest BCUT2D eigenvalue weighted by molar-refractivity contribution is 5.46. The van der Waals surface area contributed by atoms with Crippen LogP contribution in [0.1, 0.15) is 45.7 Å². The fourth-order valence-electron chi connectivity index (χ4n) is 4.64. The maximum Gasteiger partial charge on any atom is 0.290 e. The number of pyridine rings is 1. The molecule has 21 heavy (non-hydrogen) atoms. The zero-order valence-electron chi connectivity index (χ0n) is 13.1. The lowest BCUT2D eigenvalue weighted by Crippen LogP contribution is -2.46. The Labute approximate surface area is 125 Å². The van der Waals surface area contributed by atoms with Gasteiger partial charge in [-0.15, -0.1) is 0 Å². The third-order valence-corrected chi connectivity index (χ3v) is 5.82. The van der Waals surface area contributed by atoms with Gasteiger partial charge in [-0.05, 0) is 49.0 Å². The summed E-state index contributed by atoms with van der Waals surface area (Å²) < 4.78 is 0. The van der Waals surface area contributed by atoms with E-state index in [2.05, 4.69) is 31.1 Å². The lowest BCUT2D eigenvalue weighted by atomic mass is 9.68. The van der Waals surface area contributed by atoms with E-state index in [0.29, 0.717) is 17.2 Å². The molecule has 2 saturated carbocycles. The summed E-state index contributed by atoms with van der Waals surface area (Å²) in [4.78, 5) is 14.9. The minimum Gasteiger partial charge on any atom is -0.366 e. The minimum atomic E-state index is -0.380. The molecule has 114 valence electrons. The van der Waals surface area contributed by atoms with Crippen LogP contribution in [0, 0.1) is 33.8 Å². The van der Waals surface area contributed by atoms with E-state index in [-0.39, 0.29) is 16.0 Å². The molecule has 0 aromatic carbocycles. The molecule has 5 heteroatoms. The molecule has 5 nitrogen and oxygen atoms in total. The van der Waals surface area contributed by atoms with Gasteiger partial charge in [0.1, 0.15) is 11.5 Å². The van der Waals surface area contributed by atoms with Crippen molar-refractivity contribution in [1.82, 2.24) is 4.98 Å². The Morgan fingerprint density at radius 1 is 1.38 bits per heavy atom. The maximum absolute atomic E-state index is 10.9. The summed E-state index contributed by atoms with van der Waals surface area (Å²) in [7, 11) is 0. The standard InChI is InChI=1S/C16H23N3O2/c1-10-12(19(20)21)5-6-13(17-10)18-14-15(2,3)11-7-8-16(14,4)9-11/h5-6,11,14H,7-9H2,1-4H3,(H,17,18). The van der Waals surface area contributed by atoms with E-state index in [0.717, 1.165) is 11.7 Å². The van der Waals surface area contributed by atoms with Gasteiger partial charge in [0, 0.05) is 12.1 Å². The Balaban J connectivity index is 1.87. The highest BCUT2D eigenvalue weighted by Gasteiger charge is 2.59. The number of hydrogen-bond acceptors (Lipinski definition) is 4. The van der Waals surface area contributed by atoms with Crippen molar-refractivity contribution in [1.29, 1.82) is 0 Å². The molecule has 1 heterocycles. The van der Waals surface area contributed by atoms with Crippen LogP contribution < -0.4 is 5.32 Å². The molecule has 2 aliphatic carbocycles. The van der Waals surface area contributed by atoms with Crippen molar-refractivity contribution in [2.75, 3.05) is 5.32 Å². The van der Waals surface area contributed by atoms with E-state index in [1.165, 1.54) is 19.3 Å². The van der Waals surface area contributed by atoms with Gasteiger partial charge in [0.15, 0.2) is 0 Å². The number of nitrogens with one attached hydrogen (secondary N) is 1. The van der Waals surface area contributed by atoms with Crippen molar-refractivity contribution in [2.45, 2.75) is 53.0 Å². The highest BCUT2D eigenvalue weighted by Crippen LogP contribution is 2.63. The summed E-state index contributed by atoms with van der Waals surface area (Å²) in [6.45, 7) is 8.71. The summed E-state index contributed by atoms with van der Waals surface area (Å²) in [6, 6.07) is 3.65. The first-order valence-electron chi connectivity index (χ1n) is 7.62. The number of hydrogen-bond donors (Lipinski definition) is 1. The largest absolute Gasteiger partial charge is 0.366 e. The molecule has 3 atom stereocenters. The number of rotatable bonds is 3. The zero-order valence-corrected chi connectivity index (χ0v) is 13.1. The summed E-state index contributed by atoms with van der Waals surface area (Å²) in [6.07, 6.45) is 3.84. The van der Waals surface area contributed by atoms with E-state index in [1.807, 2.05) is 0 Å². The predicted octanol–water partition coefficient (Wildman–Crippen LogP) is 3.92. The fourth-order valence-corrected chi connectivity index (χ4v) is 4.64. The average Bonchev–Trinajstić information content (AvgIpc) is 2.85. The summed E-state index contributed by atoms with van der Waals surface area (Å²) >= 11 is 0. The second-order valence-corrected chi connectivity index (χ2v) is 7.55. The molecular weight excluding hydrogens is 266 g/mol. The molecule has 1 aromatic heterocycles. The maximum atomic E-state index is 10.9. The second-order valence-electron chi connectivity index (χ2n) is 7.55. The van der Waals surface area contributed by atoms with Crippen LogP contribution in [0.2, 0.25) is 0 Å². The number of aryl methyl sites for hydroxylation is 1. The summed E-state index contributed by atoms with van der Waals surface area (Å²) in [5.74, 6) is 1.52. The Morgan fingerprint density at radius 3 is 2.62 bits per heavy atom. The molecule has 2 bridgehead atoms. The zero-order chi connectivity index (χ0) is 15.4. The van der Waals surface area contributed by atoms with Crippen LogP contribution in [0.15, 0.2) is 12.1 Å². The monoisotopic (exact) mass is 289 g/mol. The van der Waals surface area contributed by atoms with E-state index in [1.54, 1.807) is 19.1 Å². The van der Waals surface area contributed by atoms with Crippen LogP contribution in [-0.2, 0) is 0 Å². The second kappa shape index (κ2) is 4.42. The van der Waals surface area contributed by atoms with E-state index in [9.17, 15) is 10.1 Å². The van der Waals surface area contributed by atoms with E-state index < -0.39 is 0 Å².